The average molecular weight is 228 g/mol. The van der Waals surface area contributed by atoms with Gasteiger partial charge in [-0.2, -0.15) is 0 Å². The molecular weight excluding hydrogens is 204 g/mol. The molecule has 1 rings (SSSR count). The van der Waals surface area contributed by atoms with Crippen LogP contribution in [0.2, 0.25) is 0 Å². The lowest BCUT2D eigenvalue weighted by Crippen LogP contribution is -2.37. The van der Waals surface area contributed by atoms with Crippen LogP contribution >= 0.6 is 12.2 Å². The SMILES string of the molecule is CC(C)N(CCC(N)=S)CC1CCCC1. The average Bonchev–Trinajstić information content (AvgIpc) is 2.63. The predicted molar refractivity (Wildman–Crippen MR) is 70.1 cm³/mol. The summed E-state index contributed by atoms with van der Waals surface area (Å²) in [5, 5.41) is 0. The minimum Gasteiger partial charge on any atom is -0.393 e. The molecule has 0 spiro atoms. The summed E-state index contributed by atoms with van der Waals surface area (Å²) in [6.07, 6.45) is 6.53. The number of nitrogens with zero attached hydrogens (tertiary/aromatic N) is 1. The summed E-state index contributed by atoms with van der Waals surface area (Å²) in [5.74, 6) is 0.916. The number of hydrogen-bond donors (Lipinski definition) is 1. The van der Waals surface area contributed by atoms with E-state index in [1.165, 1.54) is 32.2 Å². The minimum atomic E-state index is 0.611. The van der Waals surface area contributed by atoms with Gasteiger partial charge < -0.3 is 10.6 Å². The predicted octanol–water partition coefficient (Wildman–Crippen LogP) is 2.56. The van der Waals surface area contributed by atoms with E-state index in [0.29, 0.717) is 11.0 Å². The zero-order valence-electron chi connectivity index (χ0n) is 10.0. The summed E-state index contributed by atoms with van der Waals surface area (Å²) in [7, 11) is 0. The van der Waals surface area contributed by atoms with E-state index in [1.807, 2.05) is 0 Å². The Morgan fingerprint density at radius 3 is 2.47 bits per heavy atom. The van der Waals surface area contributed by atoms with Gasteiger partial charge >= 0.3 is 0 Å². The van der Waals surface area contributed by atoms with Crippen LogP contribution < -0.4 is 5.73 Å². The van der Waals surface area contributed by atoms with Gasteiger partial charge in [0.05, 0.1) is 4.99 Å². The van der Waals surface area contributed by atoms with Crippen molar-refractivity contribution in [1.82, 2.24) is 4.90 Å². The molecule has 2 nitrogen and oxygen atoms in total. The maximum Gasteiger partial charge on any atom is 0.0740 e. The zero-order chi connectivity index (χ0) is 11.3. The van der Waals surface area contributed by atoms with Crippen molar-refractivity contribution in [2.75, 3.05) is 13.1 Å². The van der Waals surface area contributed by atoms with Gasteiger partial charge in [0.15, 0.2) is 0 Å². The Balaban J connectivity index is 2.32. The molecule has 0 bridgehead atoms. The second-order valence-electron chi connectivity index (χ2n) is 4.96. The number of rotatable bonds is 6. The van der Waals surface area contributed by atoms with Crippen LogP contribution in [0.4, 0.5) is 0 Å². The quantitative estimate of drug-likeness (QED) is 0.709. The van der Waals surface area contributed by atoms with Gasteiger partial charge in [-0.25, -0.2) is 0 Å². The van der Waals surface area contributed by atoms with Crippen LogP contribution in [0.15, 0.2) is 0 Å². The highest BCUT2D eigenvalue weighted by Crippen LogP contribution is 2.26. The van der Waals surface area contributed by atoms with Crippen molar-refractivity contribution in [2.24, 2.45) is 11.7 Å². The van der Waals surface area contributed by atoms with Crippen LogP contribution in [0.25, 0.3) is 0 Å². The molecule has 0 heterocycles. The normalized spacial score (nSPS) is 17.9. The molecule has 0 amide bonds. The van der Waals surface area contributed by atoms with E-state index in [-0.39, 0.29) is 0 Å². The zero-order valence-corrected chi connectivity index (χ0v) is 10.9. The van der Waals surface area contributed by atoms with Gasteiger partial charge in [-0.3, -0.25) is 0 Å². The van der Waals surface area contributed by atoms with Crippen molar-refractivity contribution in [3.63, 3.8) is 0 Å². The lowest BCUT2D eigenvalue weighted by atomic mass is 10.1. The van der Waals surface area contributed by atoms with E-state index in [4.69, 9.17) is 18.0 Å². The van der Waals surface area contributed by atoms with Crippen LogP contribution in [-0.2, 0) is 0 Å². The number of hydrogen-bond acceptors (Lipinski definition) is 2. The molecule has 0 unspecified atom stereocenters. The topological polar surface area (TPSA) is 29.3 Å². The minimum absolute atomic E-state index is 0.611. The second kappa shape index (κ2) is 6.44. The Labute approximate surface area is 99.2 Å². The van der Waals surface area contributed by atoms with Gasteiger partial charge in [-0.1, -0.05) is 25.1 Å². The first-order chi connectivity index (χ1) is 7.09. The molecule has 0 aliphatic heterocycles. The van der Waals surface area contributed by atoms with Gasteiger partial charge in [0.2, 0.25) is 0 Å². The summed E-state index contributed by atoms with van der Waals surface area (Å²) in [6, 6.07) is 0.611. The molecule has 0 aromatic heterocycles. The lowest BCUT2D eigenvalue weighted by molar-refractivity contribution is 0.193. The van der Waals surface area contributed by atoms with Crippen LogP contribution in [0.5, 0.6) is 0 Å². The highest BCUT2D eigenvalue weighted by Gasteiger charge is 2.19. The Morgan fingerprint density at radius 2 is 2.00 bits per heavy atom. The molecule has 88 valence electrons. The van der Waals surface area contributed by atoms with E-state index in [1.54, 1.807) is 0 Å². The van der Waals surface area contributed by atoms with Crippen molar-refractivity contribution >= 4 is 17.2 Å². The van der Waals surface area contributed by atoms with E-state index in [0.717, 1.165) is 18.9 Å². The third kappa shape index (κ3) is 4.94. The van der Waals surface area contributed by atoms with Crippen LogP contribution in [-0.4, -0.2) is 29.0 Å². The first kappa shape index (κ1) is 12.9. The standard InChI is InChI=1S/C12H24N2S/c1-10(2)14(8-7-12(13)15)9-11-5-3-4-6-11/h10-11H,3-9H2,1-2H3,(H2,13,15). The maximum absolute atomic E-state index is 5.55. The molecule has 0 atom stereocenters. The summed E-state index contributed by atoms with van der Waals surface area (Å²) >= 11 is 4.93. The molecule has 0 radical (unpaired) electrons. The van der Waals surface area contributed by atoms with Crippen LogP contribution in [0.3, 0.4) is 0 Å². The van der Waals surface area contributed by atoms with E-state index in [2.05, 4.69) is 18.7 Å². The van der Waals surface area contributed by atoms with E-state index < -0.39 is 0 Å². The molecule has 1 aliphatic carbocycles. The summed E-state index contributed by atoms with van der Waals surface area (Å²) < 4.78 is 0. The van der Waals surface area contributed by atoms with E-state index in [9.17, 15) is 0 Å². The van der Waals surface area contributed by atoms with Gasteiger partial charge in [-0.15, -0.1) is 0 Å². The monoisotopic (exact) mass is 228 g/mol. The van der Waals surface area contributed by atoms with Gasteiger partial charge in [0.25, 0.3) is 0 Å². The first-order valence-corrected chi connectivity index (χ1v) is 6.52. The van der Waals surface area contributed by atoms with Gasteiger partial charge in [0.1, 0.15) is 0 Å². The van der Waals surface area contributed by atoms with Crippen molar-refractivity contribution in [1.29, 1.82) is 0 Å². The van der Waals surface area contributed by atoms with Crippen LogP contribution in [0.1, 0.15) is 46.0 Å². The van der Waals surface area contributed by atoms with Gasteiger partial charge in [-0.05, 0) is 32.6 Å². The highest BCUT2D eigenvalue weighted by molar-refractivity contribution is 7.80. The highest BCUT2D eigenvalue weighted by atomic mass is 32.1. The smallest absolute Gasteiger partial charge is 0.0740 e. The Kier molecular flexibility index (Phi) is 5.54. The maximum atomic E-state index is 5.55. The fraction of sp³-hybridized carbons (Fsp3) is 0.917. The van der Waals surface area contributed by atoms with E-state index >= 15 is 0 Å². The molecule has 3 heteroatoms. The molecule has 1 aliphatic rings. The number of thiocarbonyl (C=S) groups is 1. The first-order valence-electron chi connectivity index (χ1n) is 6.12. The molecule has 0 saturated heterocycles. The van der Waals surface area contributed by atoms with Crippen LogP contribution in [0, 0.1) is 5.92 Å². The molecular formula is C12H24N2S. The summed E-state index contributed by atoms with van der Waals surface area (Å²) in [4.78, 5) is 3.17. The van der Waals surface area contributed by atoms with Crippen molar-refractivity contribution < 1.29 is 0 Å². The van der Waals surface area contributed by atoms with Crippen molar-refractivity contribution in [3.8, 4) is 0 Å². The molecule has 2 N–H and O–H groups in total. The molecule has 1 fully saturated rings. The molecule has 0 aromatic carbocycles. The summed E-state index contributed by atoms with van der Waals surface area (Å²) in [5.41, 5.74) is 5.55. The van der Waals surface area contributed by atoms with Crippen molar-refractivity contribution in [2.45, 2.75) is 52.0 Å². The fourth-order valence-electron chi connectivity index (χ4n) is 2.34. The Morgan fingerprint density at radius 1 is 1.40 bits per heavy atom. The Hall–Kier alpha value is -0.150. The molecule has 1 saturated carbocycles. The molecule has 0 aromatic rings. The third-order valence-corrected chi connectivity index (χ3v) is 3.55. The molecule has 15 heavy (non-hydrogen) atoms. The Bertz CT molecular complexity index is 198. The second-order valence-corrected chi connectivity index (χ2v) is 5.48. The van der Waals surface area contributed by atoms with Gasteiger partial charge in [0, 0.05) is 25.6 Å². The third-order valence-electron chi connectivity index (χ3n) is 3.34. The fourth-order valence-corrected chi connectivity index (χ4v) is 2.43. The van der Waals surface area contributed by atoms with Crippen molar-refractivity contribution in [3.05, 3.63) is 0 Å². The largest absolute Gasteiger partial charge is 0.393 e. The lowest BCUT2D eigenvalue weighted by Gasteiger charge is -2.29. The summed E-state index contributed by atoms with van der Waals surface area (Å²) in [6.45, 7) is 6.78. The number of nitrogens with two attached hydrogens (primary N) is 1.